The first-order chi connectivity index (χ1) is 31.4. The second kappa shape index (κ2) is 21.7. The topological polar surface area (TPSA) is 142 Å². The lowest BCUT2D eigenvalue weighted by Gasteiger charge is -2.33. The Balaban J connectivity index is 1.29. The summed E-state index contributed by atoms with van der Waals surface area (Å²) in [7, 11) is 0. The Morgan fingerprint density at radius 2 is 0.415 bits per heavy atom. The average Bonchev–Trinajstić information content (AvgIpc) is 3.31. The Morgan fingerprint density at radius 1 is 0.246 bits per heavy atom. The summed E-state index contributed by atoms with van der Waals surface area (Å²) < 4.78 is 0. The van der Waals surface area contributed by atoms with Crippen LogP contribution in [0, 0.1) is 0 Å². The van der Waals surface area contributed by atoms with Crippen molar-refractivity contribution in [3.05, 3.63) is 209 Å². The third-order valence-corrected chi connectivity index (χ3v) is 13.6. The molecule has 7 atom stereocenters. The molecule has 0 spiro atoms. The summed E-state index contributed by atoms with van der Waals surface area (Å²) >= 11 is 0. The van der Waals surface area contributed by atoms with Crippen LogP contribution in [0.3, 0.4) is 0 Å². The third-order valence-electron chi connectivity index (χ3n) is 13.6. The summed E-state index contributed by atoms with van der Waals surface area (Å²) in [5.74, 6) is 2.06. The Bertz CT molecular complexity index is 2500. The van der Waals surface area contributed by atoms with Crippen molar-refractivity contribution in [1.82, 2.24) is 0 Å². The number of hydrogen-bond acceptors (Lipinski definition) is 7. The molecular formula is C58H62O7. The predicted octanol–water partition coefficient (Wildman–Crippen LogP) is 14.2. The van der Waals surface area contributed by atoms with Crippen LogP contribution in [0.15, 0.2) is 170 Å². The Kier molecular flexibility index (Phi) is 15.4. The maximum absolute atomic E-state index is 10.5. The van der Waals surface area contributed by atoms with Crippen molar-refractivity contribution in [1.29, 1.82) is 0 Å². The van der Waals surface area contributed by atoms with Gasteiger partial charge in [0.1, 0.15) is 40.2 Å². The molecule has 0 aliphatic carbocycles. The van der Waals surface area contributed by atoms with Crippen molar-refractivity contribution in [3.8, 4) is 40.2 Å². The van der Waals surface area contributed by atoms with Gasteiger partial charge < -0.3 is 35.7 Å². The summed E-state index contributed by atoms with van der Waals surface area (Å²) in [4.78, 5) is 0. The fourth-order valence-corrected chi connectivity index (χ4v) is 9.94. The molecular weight excluding hydrogens is 809 g/mol. The first-order valence-corrected chi connectivity index (χ1v) is 22.9. The number of hydrogen-bond donors (Lipinski definition) is 7. The monoisotopic (exact) mass is 870 g/mol. The summed E-state index contributed by atoms with van der Waals surface area (Å²) in [5.41, 5.74) is 7.87. The molecule has 0 heterocycles. The lowest BCUT2D eigenvalue weighted by Crippen LogP contribution is -2.17. The van der Waals surface area contributed by atoms with Crippen molar-refractivity contribution in [2.24, 2.45) is 0 Å². The average molecular weight is 871 g/mol. The molecule has 0 aliphatic heterocycles. The van der Waals surface area contributed by atoms with E-state index >= 15 is 0 Å². The fourth-order valence-electron chi connectivity index (χ4n) is 9.94. The van der Waals surface area contributed by atoms with E-state index in [1.807, 2.05) is 84.9 Å². The van der Waals surface area contributed by atoms with Crippen LogP contribution in [-0.2, 0) is 0 Å². The van der Waals surface area contributed by atoms with Gasteiger partial charge in [0.25, 0.3) is 0 Å². The van der Waals surface area contributed by atoms with Gasteiger partial charge in [0.05, 0.1) is 0 Å². The smallest absolute Gasteiger partial charge is 0.115 e. The van der Waals surface area contributed by atoms with Crippen molar-refractivity contribution in [3.63, 3.8) is 0 Å². The van der Waals surface area contributed by atoms with E-state index in [-0.39, 0.29) is 81.7 Å². The maximum atomic E-state index is 10.5. The molecule has 0 aliphatic rings. The highest BCUT2D eigenvalue weighted by atomic mass is 16.3. The molecule has 7 nitrogen and oxygen atoms in total. The van der Waals surface area contributed by atoms with Crippen LogP contribution in [0.25, 0.3) is 0 Å². The van der Waals surface area contributed by atoms with Gasteiger partial charge in [0.15, 0.2) is 0 Å². The molecule has 0 fully saturated rings. The number of phenols is 7. The first kappa shape index (κ1) is 46.1. The number of aromatic hydroxyl groups is 7. The van der Waals surface area contributed by atoms with Gasteiger partial charge in [-0.05, 0) is 210 Å². The number of benzene rings is 7. The van der Waals surface area contributed by atoms with Gasteiger partial charge in [-0.2, -0.15) is 0 Å². The van der Waals surface area contributed by atoms with Gasteiger partial charge in [0.2, 0.25) is 0 Å². The van der Waals surface area contributed by atoms with Gasteiger partial charge in [-0.3, -0.25) is 0 Å². The minimum atomic E-state index is 0.00253. The largest absolute Gasteiger partial charge is 0.508 e. The summed E-state index contributed by atoms with van der Waals surface area (Å²) in [6.07, 6.45) is 5.62. The zero-order valence-corrected chi connectivity index (χ0v) is 37.3. The molecule has 7 N–H and O–H groups in total. The molecule has 0 radical (unpaired) electrons. The van der Waals surface area contributed by atoms with Gasteiger partial charge in [-0.25, -0.2) is 0 Å². The van der Waals surface area contributed by atoms with E-state index < -0.39 is 0 Å². The lowest BCUT2D eigenvalue weighted by atomic mass is 9.71. The van der Waals surface area contributed by atoms with E-state index in [0.29, 0.717) is 0 Å². The molecule has 7 heteroatoms. The predicted molar refractivity (Wildman–Crippen MR) is 260 cm³/mol. The van der Waals surface area contributed by atoms with Gasteiger partial charge in [0, 0.05) is 0 Å². The maximum Gasteiger partial charge on any atom is 0.115 e. The van der Waals surface area contributed by atoms with Crippen molar-refractivity contribution in [2.45, 2.75) is 100 Å². The van der Waals surface area contributed by atoms with E-state index in [9.17, 15) is 35.7 Å². The number of phenolic OH excluding ortho intramolecular Hbond substituents is 7. The van der Waals surface area contributed by atoms with E-state index in [1.54, 1.807) is 84.9 Å². The van der Waals surface area contributed by atoms with Crippen LogP contribution in [0.4, 0.5) is 0 Å². The van der Waals surface area contributed by atoms with Crippen molar-refractivity contribution < 1.29 is 35.7 Å². The van der Waals surface area contributed by atoms with Crippen molar-refractivity contribution in [2.75, 3.05) is 0 Å². The van der Waals surface area contributed by atoms with Crippen LogP contribution in [-0.4, -0.2) is 35.7 Å². The Hall–Kier alpha value is -6.86. The third kappa shape index (κ3) is 12.7. The Labute approximate surface area is 383 Å². The molecule has 0 bridgehead atoms. The molecule has 0 aromatic heterocycles. The normalized spacial score (nSPS) is 14.7. The SMILES string of the molecule is CCC(CC(CC(CC(CC(CC(CC(C)c1ccc(O)cc1)c1ccc(O)cc1)c1ccc(O)cc1)c1ccc(O)cc1)c1ccc(O)cc1)c1ccc(O)cc1)c1ccc(O)cc1. The van der Waals surface area contributed by atoms with Crippen LogP contribution >= 0.6 is 0 Å². The molecule has 7 unspecified atom stereocenters. The zero-order chi connectivity index (χ0) is 45.9. The highest BCUT2D eigenvalue weighted by molar-refractivity contribution is 5.37. The Morgan fingerprint density at radius 3 is 0.631 bits per heavy atom. The number of rotatable bonds is 20. The van der Waals surface area contributed by atoms with Crippen LogP contribution in [0.1, 0.15) is 139 Å². The molecule has 7 aromatic rings. The minimum Gasteiger partial charge on any atom is -0.508 e. The van der Waals surface area contributed by atoms with E-state index in [4.69, 9.17) is 0 Å². The van der Waals surface area contributed by atoms with Crippen LogP contribution in [0.5, 0.6) is 40.2 Å². The van der Waals surface area contributed by atoms with Crippen molar-refractivity contribution >= 4 is 0 Å². The second-order valence-electron chi connectivity index (χ2n) is 18.0. The summed E-state index contributed by atoms with van der Waals surface area (Å²) in [5, 5.41) is 72.5. The van der Waals surface area contributed by atoms with Crippen LogP contribution in [0.2, 0.25) is 0 Å². The van der Waals surface area contributed by atoms with E-state index in [2.05, 4.69) is 13.8 Å². The highest BCUT2D eigenvalue weighted by Crippen LogP contribution is 2.47. The quantitative estimate of drug-likeness (QED) is 0.0404. The molecule has 7 aromatic carbocycles. The molecule has 7 rings (SSSR count). The molecule has 336 valence electrons. The summed E-state index contributed by atoms with van der Waals surface area (Å²) in [6.45, 7) is 4.41. The second-order valence-corrected chi connectivity index (χ2v) is 18.0. The lowest BCUT2D eigenvalue weighted by molar-refractivity contribution is 0.382. The van der Waals surface area contributed by atoms with Gasteiger partial charge in [-0.1, -0.05) is 98.8 Å². The molecule has 0 saturated heterocycles. The molecule has 0 amide bonds. The standard InChI is InChI=1S/C58H62O7/c1-3-39(41-6-20-53(60)21-7-41)33-48(43-10-24-55(62)25-11-43)35-50(45-14-28-57(64)29-15-45)37-51(46-16-30-58(65)31-17-46)36-49(44-12-26-56(63)27-13-44)34-47(42-8-22-54(61)23-9-42)32-38(2)40-4-18-52(59)19-5-40/h4-31,38-39,47-51,59-65H,3,32-37H2,1-2H3. The highest BCUT2D eigenvalue weighted by Gasteiger charge is 2.31. The van der Waals surface area contributed by atoms with E-state index in [1.165, 1.54) is 0 Å². The van der Waals surface area contributed by atoms with E-state index in [0.717, 1.165) is 83.9 Å². The summed E-state index contributed by atoms with van der Waals surface area (Å²) in [6, 6.07) is 52.8. The molecule has 65 heavy (non-hydrogen) atoms. The fraction of sp³-hybridized carbons (Fsp3) is 0.276. The minimum absolute atomic E-state index is 0.00253. The molecule has 0 saturated carbocycles. The van der Waals surface area contributed by atoms with Crippen LogP contribution < -0.4 is 0 Å². The van der Waals surface area contributed by atoms with Gasteiger partial charge >= 0.3 is 0 Å². The van der Waals surface area contributed by atoms with Gasteiger partial charge in [-0.15, -0.1) is 0 Å². The first-order valence-electron chi connectivity index (χ1n) is 22.9. The zero-order valence-electron chi connectivity index (χ0n) is 37.3.